The number of hydrazone groups is 1. The van der Waals surface area contributed by atoms with E-state index in [1.165, 1.54) is 25.2 Å². The molecule has 0 atom stereocenters. The fourth-order valence-electron chi connectivity index (χ4n) is 1.48. The highest BCUT2D eigenvalue weighted by molar-refractivity contribution is 6.11. The van der Waals surface area contributed by atoms with Gasteiger partial charge < -0.3 is 5.32 Å². The lowest BCUT2D eigenvalue weighted by Crippen LogP contribution is -2.41. The molecule has 96 valence electrons. The first kappa shape index (κ1) is 15.7. The second-order valence-corrected chi connectivity index (χ2v) is 3.77. The van der Waals surface area contributed by atoms with E-state index >= 15 is 0 Å². The Balaban J connectivity index is 0.00000256. The number of amides is 1. The third-order valence-corrected chi connectivity index (χ3v) is 2.41. The van der Waals surface area contributed by atoms with Crippen LogP contribution in [0, 0.1) is 0 Å². The monoisotopic (exact) mass is 259 g/mol. The molecule has 17 heavy (non-hydrogen) atoms. The predicted molar refractivity (Wildman–Crippen MR) is 68.5 cm³/mol. The van der Waals surface area contributed by atoms with Crippen molar-refractivity contribution in [1.82, 2.24) is 10.7 Å². The summed E-state index contributed by atoms with van der Waals surface area (Å²) in [5.74, 6) is 1.64. The van der Waals surface area contributed by atoms with Gasteiger partial charge in [0.05, 0.1) is 0 Å². The van der Waals surface area contributed by atoms with Crippen LogP contribution in [-0.2, 0) is 9.59 Å². The molecule has 1 aliphatic heterocycles. The molecule has 2 N–H and O–H groups in total. The lowest BCUT2D eigenvalue weighted by molar-refractivity contribution is -0.116. The fourth-order valence-corrected chi connectivity index (χ4v) is 1.48. The van der Waals surface area contributed by atoms with Crippen molar-refractivity contribution in [3.8, 4) is 0 Å². The highest BCUT2D eigenvalue weighted by Gasteiger charge is 2.17. The normalized spacial score (nSPS) is 14.1. The van der Waals surface area contributed by atoms with Gasteiger partial charge in [0.1, 0.15) is 5.84 Å². The standard InChI is InChI=1S/C11H17N3O2.ClH/c1-2-3-4-5-6-7-10-12-11(16)9(8-15)13-14-10;/h13H,2-7H2,1H3,(H,12,14,16);1H. The molecule has 0 spiro atoms. The van der Waals surface area contributed by atoms with E-state index in [1.54, 1.807) is 0 Å². The van der Waals surface area contributed by atoms with Crippen LogP contribution in [0.4, 0.5) is 0 Å². The first-order valence-corrected chi connectivity index (χ1v) is 5.67. The van der Waals surface area contributed by atoms with Gasteiger partial charge in [0, 0.05) is 6.42 Å². The van der Waals surface area contributed by atoms with Gasteiger partial charge in [0.25, 0.3) is 5.91 Å². The van der Waals surface area contributed by atoms with Gasteiger partial charge in [-0.25, -0.2) is 4.79 Å². The van der Waals surface area contributed by atoms with E-state index in [0.29, 0.717) is 5.84 Å². The van der Waals surface area contributed by atoms with Crippen LogP contribution in [0.25, 0.3) is 0 Å². The lowest BCUT2D eigenvalue weighted by atomic mass is 10.1. The number of unbranched alkanes of at least 4 members (excludes halogenated alkanes) is 4. The van der Waals surface area contributed by atoms with E-state index in [2.05, 4.69) is 22.8 Å². The molecule has 0 radical (unpaired) electrons. The number of carbonyl (C=O) groups excluding carboxylic acids is 2. The molecule has 0 aliphatic carbocycles. The Morgan fingerprint density at radius 1 is 1.24 bits per heavy atom. The van der Waals surface area contributed by atoms with Crippen LogP contribution in [-0.4, -0.2) is 17.7 Å². The highest BCUT2D eigenvalue weighted by atomic mass is 35.5. The molecule has 1 heterocycles. The van der Waals surface area contributed by atoms with Crippen LogP contribution in [0.1, 0.15) is 45.4 Å². The molecule has 1 amide bonds. The maximum absolute atomic E-state index is 11.2. The van der Waals surface area contributed by atoms with E-state index in [-0.39, 0.29) is 18.1 Å². The van der Waals surface area contributed by atoms with Crippen molar-refractivity contribution in [3.05, 3.63) is 5.70 Å². The summed E-state index contributed by atoms with van der Waals surface area (Å²) in [6.07, 6.45) is 6.54. The summed E-state index contributed by atoms with van der Waals surface area (Å²) < 4.78 is 0. The highest BCUT2D eigenvalue weighted by Crippen LogP contribution is 2.06. The average Bonchev–Trinajstić information content (AvgIpc) is 2.29. The van der Waals surface area contributed by atoms with Crippen LogP contribution in [0.5, 0.6) is 0 Å². The van der Waals surface area contributed by atoms with Crippen LogP contribution >= 0.6 is 12.4 Å². The van der Waals surface area contributed by atoms with E-state index in [1.807, 2.05) is 0 Å². The second kappa shape index (κ2) is 8.79. The maximum atomic E-state index is 11.2. The lowest BCUT2D eigenvalue weighted by Gasteiger charge is -2.14. The maximum Gasteiger partial charge on any atom is 0.286 e. The topological polar surface area (TPSA) is 70.6 Å². The Morgan fingerprint density at radius 3 is 2.53 bits per heavy atom. The molecule has 0 aromatic heterocycles. The van der Waals surface area contributed by atoms with Crippen LogP contribution < -0.4 is 10.7 Å². The van der Waals surface area contributed by atoms with E-state index in [0.717, 1.165) is 19.3 Å². The zero-order valence-electron chi connectivity index (χ0n) is 9.91. The summed E-state index contributed by atoms with van der Waals surface area (Å²) >= 11 is 0. The number of halogens is 1. The molecule has 0 saturated carbocycles. The molecule has 0 unspecified atom stereocenters. The van der Waals surface area contributed by atoms with E-state index < -0.39 is 5.91 Å². The Bertz CT molecular complexity index is 336. The van der Waals surface area contributed by atoms with Crippen LogP contribution in [0.3, 0.4) is 0 Å². The number of nitrogens with one attached hydrogen (secondary N) is 2. The largest absolute Gasteiger partial charge is 0.307 e. The average molecular weight is 260 g/mol. The van der Waals surface area contributed by atoms with Gasteiger partial charge >= 0.3 is 0 Å². The van der Waals surface area contributed by atoms with E-state index in [9.17, 15) is 9.59 Å². The van der Waals surface area contributed by atoms with Crippen molar-refractivity contribution in [3.63, 3.8) is 0 Å². The number of carbonyl (C=O) groups is 1. The summed E-state index contributed by atoms with van der Waals surface area (Å²) in [5, 5.41) is 6.44. The first-order valence-electron chi connectivity index (χ1n) is 5.67. The zero-order chi connectivity index (χ0) is 11.8. The molecular weight excluding hydrogens is 242 g/mol. The number of hydrogen-bond donors (Lipinski definition) is 2. The number of nitrogens with zero attached hydrogens (tertiary/aromatic N) is 1. The Morgan fingerprint density at radius 2 is 1.94 bits per heavy atom. The summed E-state index contributed by atoms with van der Waals surface area (Å²) in [6.45, 7) is 2.17. The molecule has 0 saturated heterocycles. The minimum Gasteiger partial charge on any atom is -0.307 e. The molecule has 1 aliphatic rings. The number of rotatable bonds is 6. The first-order chi connectivity index (χ1) is 7.77. The SMILES string of the molecule is CCCCCCCC1=NNC(=C=O)C(=O)N1.Cl. The molecule has 5 nitrogen and oxygen atoms in total. The Kier molecular flexibility index (Phi) is 8.11. The summed E-state index contributed by atoms with van der Waals surface area (Å²) in [5.41, 5.74) is 2.23. The molecule has 1 rings (SSSR count). The molecule has 0 bridgehead atoms. The van der Waals surface area contributed by atoms with Gasteiger partial charge in [-0.2, -0.15) is 5.10 Å². The van der Waals surface area contributed by atoms with E-state index in [4.69, 9.17) is 0 Å². The molecule has 0 aromatic rings. The molecule has 0 fully saturated rings. The van der Waals surface area contributed by atoms with Crippen molar-refractivity contribution < 1.29 is 9.59 Å². The smallest absolute Gasteiger partial charge is 0.286 e. The van der Waals surface area contributed by atoms with Crippen LogP contribution in [0.15, 0.2) is 10.8 Å². The summed E-state index contributed by atoms with van der Waals surface area (Å²) in [4.78, 5) is 21.5. The Hall–Kier alpha value is -1.32. The molecular formula is C11H18ClN3O2. The number of amidine groups is 1. The minimum atomic E-state index is -0.450. The fraction of sp³-hybridized carbons (Fsp3) is 0.636. The van der Waals surface area contributed by atoms with Crippen molar-refractivity contribution in [2.24, 2.45) is 5.10 Å². The van der Waals surface area contributed by atoms with Gasteiger partial charge in [-0.15, -0.1) is 12.4 Å². The molecule has 0 aromatic carbocycles. The Labute approximate surface area is 107 Å². The predicted octanol–water partition coefficient (Wildman–Crippen LogP) is 1.52. The third kappa shape index (κ3) is 5.52. The quantitative estimate of drug-likeness (QED) is 0.432. The second-order valence-electron chi connectivity index (χ2n) is 3.77. The summed E-state index contributed by atoms with van der Waals surface area (Å²) in [7, 11) is 0. The van der Waals surface area contributed by atoms with Crippen molar-refractivity contribution in [2.75, 3.05) is 0 Å². The number of hydrogen-bond acceptors (Lipinski definition) is 4. The minimum absolute atomic E-state index is 0. The van der Waals surface area contributed by atoms with Gasteiger partial charge in [-0.3, -0.25) is 10.2 Å². The van der Waals surface area contributed by atoms with Gasteiger partial charge in [-0.1, -0.05) is 32.6 Å². The van der Waals surface area contributed by atoms with Gasteiger partial charge in [0.2, 0.25) is 5.70 Å². The summed E-state index contributed by atoms with van der Waals surface area (Å²) in [6, 6.07) is 0. The van der Waals surface area contributed by atoms with Crippen LogP contribution in [0.2, 0.25) is 0 Å². The van der Waals surface area contributed by atoms with Gasteiger partial charge in [0.15, 0.2) is 5.94 Å². The third-order valence-electron chi connectivity index (χ3n) is 2.41. The molecule has 6 heteroatoms. The van der Waals surface area contributed by atoms with Crippen molar-refractivity contribution in [2.45, 2.75) is 45.4 Å². The van der Waals surface area contributed by atoms with Gasteiger partial charge in [-0.05, 0) is 6.42 Å². The van der Waals surface area contributed by atoms with Crippen molar-refractivity contribution in [1.29, 1.82) is 0 Å². The van der Waals surface area contributed by atoms with Crippen molar-refractivity contribution >= 4 is 30.1 Å². The zero-order valence-corrected chi connectivity index (χ0v) is 10.7.